The molecule has 0 saturated heterocycles. The van der Waals surface area contributed by atoms with E-state index in [2.05, 4.69) is 13.8 Å². The van der Waals surface area contributed by atoms with Gasteiger partial charge in [0.1, 0.15) is 0 Å². The molecule has 0 fully saturated rings. The Morgan fingerprint density at radius 3 is 1.10 bits per heavy atom. The van der Waals surface area contributed by atoms with Crippen LogP contribution in [-0.2, 0) is 14.3 Å². The maximum absolute atomic E-state index is 11.9. The zero-order valence-corrected chi connectivity index (χ0v) is 22.1. The van der Waals surface area contributed by atoms with Gasteiger partial charge in [-0.15, -0.1) is 0 Å². The molecule has 0 aliphatic rings. The minimum atomic E-state index is -3.30. The largest absolute Gasteiger partial charge is 0.344 e. The van der Waals surface area contributed by atoms with E-state index >= 15 is 0 Å². The topological polar surface area (TPSA) is 78.4 Å². The predicted molar refractivity (Wildman–Crippen MR) is 138 cm³/mol. The Labute approximate surface area is 196 Å². The smallest absolute Gasteiger partial charge is 0.267 e. The van der Waals surface area contributed by atoms with Gasteiger partial charge in [-0.05, 0) is 12.8 Å². The molecular weight excluding hydrogens is 406 g/mol. The summed E-state index contributed by atoms with van der Waals surface area (Å²) in [5.74, 6) is 0.196. The lowest BCUT2D eigenvalue weighted by atomic mass is 10.0. The molecule has 0 aromatic rings. The molecule has 0 atom stereocenters. The summed E-state index contributed by atoms with van der Waals surface area (Å²) >= 11 is 0. The van der Waals surface area contributed by atoms with Crippen LogP contribution in [-0.4, -0.2) is 20.8 Å². The van der Waals surface area contributed by atoms with Crippen LogP contribution in [0.15, 0.2) is 0 Å². The molecule has 0 unspecified atom stereocenters. The summed E-state index contributed by atoms with van der Waals surface area (Å²) < 4.78 is 29.0. The average molecular weight is 464 g/mol. The minimum Gasteiger partial charge on any atom is -0.344 e. The van der Waals surface area contributed by atoms with Gasteiger partial charge < -0.3 is 6.15 Å². The minimum absolute atomic E-state index is 0. The lowest BCUT2D eigenvalue weighted by Gasteiger charge is -2.06. The number of hydrogen-bond donors (Lipinski definition) is 1. The first-order valence-electron chi connectivity index (χ1n) is 13.5. The van der Waals surface area contributed by atoms with Crippen molar-refractivity contribution >= 4 is 10.1 Å². The Bertz CT molecular complexity index is 426. The summed E-state index contributed by atoms with van der Waals surface area (Å²) in [5.41, 5.74) is 0. The molecule has 0 aliphatic heterocycles. The Hall–Kier alpha value is -0.130. The van der Waals surface area contributed by atoms with E-state index in [4.69, 9.17) is 4.18 Å². The predicted octanol–water partition coefficient (Wildman–Crippen LogP) is 9.12. The summed E-state index contributed by atoms with van der Waals surface area (Å²) in [5, 5.41) is 0. The van der Waals surface area contributed by atoms with Gasteiger partial charge in [0.25, 0.3) is 10.1 Å². The average Bonchev–Trinajstić information content (AvgIpc) is 2.72. The lowest BCUT2D eigenvalue weighted by Crippen LogP contribution is -2.11. The number of hydrogen-bond acceptors (Lipinski definition) is 4. The molecule has 0 rings (SSSR count). The zero-order valence-electron chi connectivity index (χ0n) is 21.3. The second-order valence-electron chi connectivity index (χ2n) is 9.15. The first-order chi connectivity index (χ1) is 14.6. The van der Waals surface area contributed by atoms with E-state index in [-0.39, 0.29) is 11.9 Å². The highest BCUT2D eigenvalue weighted by atomic mass is 32.2. The second-order valence-corrected chi connectivity index (χ2v) is 10.9. The quantitative estimate of drug-likeness (QED) is 0.108. The standard InChI is InChI=1S/C26H54O3S.H3N/c1-3-5-7-9-11-13-14-15-16-17-19-21-23-25-29-30(27,28)26-24-22-20-18-12-10-8-6-4-2;/h3-26H2,1-2H3;1H3. The molecule has 0 spiro atoms. The first-order valence-corrected chi connectivity index (χ1v) is 15.1. The molecular formula is C26H57NO3S. The van der Waals surface area contributed by atoms with Crippen LogP contribution in [0.4, 0.5) is 0 Å². The Morgan fingerprint density at radius 1 is 0.452 bits per heavy atom. The molecule has 5 heteroatoms. The van der Waals surface area contributed by atoms with Crippen molar-refractivity contribution in [3.8, 4) is 0 Å². The summed E-state index contributed by atoms with van der Waals surface area (Å²) in [6.45, 7) is 4.88. The highest BCUT2D eigenvalue weighted by molar-refractivity contribution is 7.86. The summed E-state index contributed by atoms with van der Waals surface area (Å²) in [6.07, 6.45) is 27.6. The van der Waals surface area contributed by atoms with E-state index in [1.807, 2.05) is 0 Å². The molecule has 0 aromatic carbocycles. The molecule has 0 heterocycles. The Morgan fingerprint density at radius 2 is 0.742 bits per heavy atom. The Kier molecular flexibility index (Phi) is 27.8. The highest BCUT2D eigenvalue weighted by Crippen LogP contribution is 2.13. The van der Waals surface area contributed by atoms with Gasteiger partial charge in [0.2, 0.25) is 0 Å². The van der Waals surface area contributed by atoms with Crippen LogP contribution >= 0.6 is 0 Å². The summed E-state index contributed by atoms with van der Waals surface area (Å²) in [4.78, 5) is 0. The van der Waals surface area contributed by atoms with Crippen molar-refractivity contribution in [1.82, 2.24) is 6.15 Å². The number of unbranched alkanes of at least 4 members (excludes halogenated alkanes) is 20. The fourth-order valence-corrected chi connectivity index (χ4v) is 5.00. The fourth-order valence-electron chi connectivity index (χ4n) is 3.95. The van der Waals surface area contributed by atoms with Crippen LogP contribution in [0.5, 0.6) is 0 Å². The van der Waals surface area contributed by atoms with E-state index < -0.39 is 10.1 Å². The van der Waals surface area contributed by atoms with Gasteiger partial charge in [0.15, 0.2) is 0 Å². The number of rotatable bonds is 25. The van der Waals surface area contributed by atoms with E-state index in [9.17, 15) is 8.42 Å². The van der Waals surface area contributed by atoms with Crippen molar-refractivity contribution in [1.29, 1.82) is 0 Å². The van der Waals surface area contributed by atoms with Crippen molar-refractivity contribution in [2.24, 2.45) is 0 Å². The van der Waals surface area contributed by atoms with Crippen LogP contribution in [0.1, 0.15) is 155 Å². The van der Waals surface area contributed by atoms with Crippen LogP contribution < -0.4 is 6.15 Å². The molecule has 0 amide bonds. The van der Waals surface area contributed by atoms with Crippen LogP contribution in [0.3, 0.4) is 0 Å². The fraction of sp³-hybridized carbons (Fsp3) is 1.00. The third kappa shape index (κ3) is 27.8. The molecule has 0 aromatic heterocycles. The van der Waals surface area contributed by atoms with Gasteiger partial charge in [-0.1, -0.05) is 142 Å². The molecule has 4 nitrogen and oxygen atoms in total. The first kappa shape index (κ1) is 33.0. The molecule has 0 saturated carbocycles. The van der Waals surface area contributed by atoms with Crippen molar-refractivity contribution in [2.75, 3.05) is 12.4 Å². The van der Waals surface area contributed by atoms with Crippen molar-refractivity contribution in [3.05, 3.63) is 0 Å². The second kappa shape index (κ2) is 26.1. The van der Waals surface area contributed by atoms with E-state index in [1.165, 1.54) is 109 Å². The van der Waals surface area contributed by atoms with Crippen molar-refractivity contribution in [3.63, 3.8) is 0 Å². The van der Waals surface area contributed by atoms with Crippen LogP contribution in [0.2, 0.25) is 0 Å². The van der Waals surface area contributed by atoms with Gasteiger partial charge >= 0.3 is 0 Å². The van der Waals surface area contributed by atoms with Crippen LogP contribution in [0.25, 0.3) is 0 Å². The van der Waals surface area contributed by atoms with Crippen molar-refractivity contribution in [2.45, 2.75) is 155 Å². The van der Waals surface area contributed by atoms with Crippen LogP contribution in [0, 0.1) is 0 Å². The molecule has 0 radical (unpaired) electrons. The zero-order chi connectivity index (χ0) is 22.2. The van der Waals surface area contributed by atoms with E-state index in [0.717, 1.165) is 32.1 Å². The molecule has 0 bridgehead atoms. The van der Waals surface area contributed by atoms with Gasteiger partial charge in [-0.3, -0.25) is 4.18 Å². The van der Waals surface area contributed by atoms with Gasteiger partial charge in [0.05, 0.1) is 12.4 Å². The maximum Gasteiger partial charge on any atom is 0.267 e. The maximum atomic E-state index is 11.9. The highest BCUT2D eigenvalue weighted by Gasteiger charge is 2.10. The van der Waals surface area contributed by atoms with Gasteiger partial charge in [-0.25, -0.2) is 0 Å². The molecule has 31 heavy (non-hydrogen) atoms. The normalized spacial score (nSPS) is 11.5. The third-order valence-corrected chi connectivity index (χ3v) is 7.32. The monoisotopic (exact) mass is 463 g/mol. The van der Waals surface area contributed by atoms with Gasteiger partial charge in [0, 0.05) is 0 Å². The summed E-state index contributed by atoms with van der Waals surface area (Å²) in [7, 11) is -3.30. The van der Waals surface area contributed by atoms with Gasteiger partial charge in [-0.2, -0.15) is 8.42 Å². The summed E-state index contributed by atoms with van der Waals surface area (Å²) in [6, 6.07) is 0. The lowest BCUT2D eigenvalue weighted by molar-refractivity contribution is 0.305. The molecule has 0 aliphatic carbocycles. The van der Waals surface area contributed by atoms with Crippen molar-refractivity contribution < 1.29 is 12.6 Å². The van der Waals surface area contributed by atoms with E-state index in [1.54, 1.807) is 0 Å². The van der Waals surface area contributed by atoms with E-state index in [0.29, 0.717) is 6.61 Å². The Balaban J connectivity index is 0. The molecule has 3 N–H and O–H groups in total. The molecule has 190 valence electrons. The SMILES string of the molecule is CCCCCCCCCCCCCCCOS(=O)(=O)CCCCCCCCCCC.N. The third-order valence-electron chi connectivity index (χ3n) is 6.01.